The molecule has 6 nitrogen and oxygen atoms in total. The predicted octanol–water partition coefficient (Wildman–Crippen LogP) is 3.89. The van der Waals surface area contributed by atoms with E-state index in [4.69, 9.17) is 18.9 Å². The molecule has 0 amide bonds. The minimum absolute atomic E-state index is 0.357. The Balaban J connectivity index is 2.20. The second-order valence-corrected chi connectivity index (χ2v) is 5.40. The highest BCUT2D eigenvalue weighted by Gasteiger charge is 2.16. The van der Waals surface area contributed by atoms with E-state index in [1.54, 1.807) is 33.6 Å². The van der Waals surface area contributed by atoms with Gasteiger partial charge in [-0.15, -0.1) is 0 Å². The lowest BCUT2D eigenvalue weighted by Gasteiger charge is -2.15. The summed E-state index contributed by atoms with van der Waals surface area (Å²) in [7, 11) is 4.73. The van der Waals surface area contributed by atoms with Gasteiger partial charge >= 0.3 is 0 Å². The summed E-state index contributed by atoms with van der Waals surface area (Å²) in [5.74, 6) is 2.14. The molecule has 6 heteroatoms. The molecule has 0 aliphatic rings. The van der Waals surface area contributed by atoms with Crippen LogP contribution in [-0.2, 0) is 0 Å². The maximum absolute atomic E-state index is 5.73. The lowest BCUT2D eigenvalue weighted by Crippen LogP contribution is -2.00. The summed E-state index contributed by atoms with van der Waals surface area (Å²) in [4.78, 5) is 9.08. The highest BCUT2D eigenvalue weighted by molar-refractivity contribution is 5.87. The number of benzene rings is 1. The van der Waals surface area contributed by atoms with Crippen molar-refractivity contribution in [1.29, 1.82) is 0 Å². The number of fused-ring (bicyclic) bond motifs is 1. The molecule has 0 radical (unpaired) electrons. The molecule has 0 aliphatic carbocycles. The van der Waals surface area contributed by atoms with E-state index in [0.717, 1.165) is 16.5 Å². The summed E-state index contributed by atoms with van der Waals surface area (Å²) in [6.07, 6.45) is 3.41. The summed E-state index contributed by atoms with van der Waals surface area (Å²) in [5, 5.41) is 0.838. The molecular weight excluding hydrogens is 332 g/mol. The van der Waals surface area contributed by atoms with E-state index in [-0.39, 0.29) is 0 Å². The fourth-order valence-electron chi connectivity index (χ4n) is 2.67. The number of hydrogen-bond donors (Lipinski definition) is 0. The minimum atomic E-state index is 0.357. The number of ether oxygens (including phenoxy) is 4. The molecule has 0 bridgehead atoms. The fraction of sp³-hybridized carbons (Fsp3) is 0.200. The van der Waals surface area contributed by atoms with Crippen molar-refractivity contribution in [1.82, 2.24) is 9.97 Å². The molecule has 2 heterocycles. The van der Waals surface area contributed by atoms with Gasteiger partial charge in [-0.3, -0.25) is 4.98 Å². The summed E-state index contributed by atoms with van der Waals surface area (Å²) in [5.41, 5.74) is 2.27. The number of hydrogen-bond acceptors (Lipinski definition) is 6. The first-order chi connectivity index (χ1) is 12.7. The summed E-state index contributed by atoms with van der Waals surface area (Å²) in [6, 6.07) is 9.36. The van der Waals surface area contributed by atoms with Gasteiger partial charge in [-0.05, 0) is 30.3 Å². The third-order valence-corrected chi connectivity index (χ3v) is 3.86. The zero-order valence-electron chi connectivity index (χ0n) is 15.0. The smallest absolute Gasteiger partial charge is 0.223 e. The van der Waals surface area contributed by atoms with Crippen LogP contribution in [0.4, 0.5) is 0 Å². The highest BCUT2D eigenvalue weighted by atomic mass is 16.5. The first kappa shape index (κ1) is 17.5. The molecule has 3 aromatic rings. The van der Waals surface area contributed by atoms with E-state index < -0.39 is 0 Å². The average molecular weight is 352 g/mol. The van der Waals surface area contributed by atoms with Crippen LogP contribution >= 0.6 is 0 Å². The van der Waals surface area contributed by atoms with Crippen LogP contribution in [0.5, 0.6) is 23.1 Å². The van der Waals surface area contributed by atoms with Gasteiger partial charge in [0.25, 0.3) is 0 Å². The van der Waals surface area contributed by atoms with Crippen LogP contribution in [0, 0.1) is 0 Å². The quantitative estimate of drug-likeness (QED) is 0.601. The highest BCUT2D eigenvalue weighted by Crippen LogP contribution is 2.41. The number of rotatable bonds is 7. The van der Waals surface area contributed by atoms with Crippen LogP contribution in [-0.4, -0.2) is 37.9 Å². The molecule has 0 N–H and O–H groups in total. The second kappa shape index (κ2) is 7.74. The Bertz CT molecular complexity index is 915. The molecule has 0 saturated carbocycles. The molecule has 134 valence electrons. The van der Waals surface area contributed by atoms with Crippen molar-refractivity contribution in [3.05, 3.63) is 49.2 Å². The standard InChI is InChI=1S/C20H20N2O4/c1-5-9-26-20-14-7-6-8-21-16(14)12-15(22-20)13-10-17(23-2)19(25-4)18(11-13)24-3/h5-8,10-12H,1,9H2,2-4H3. The first-order valence-electron chi connectivity index (χ1n) is 8.01. The lowest BCUT2D eigenvalue weighted by molar-refractivity contribution is 0.324. The molecule has 2 aromatic heterocycles. The van der Waals surface area contributed by atoms with Crippen molar-refractivity contribution in [2.24, 2.45) is 0 Å². The topological polar surface area (TPSA) is 62.7 Å². The van der Waals surface area contributed by atoms with Crippen molar-refractivity contribution >= 4 is 10.9 Å². The van der Waals surface area contributed by atoms with Gasteiger partial charge < -0.3 is 18.9 Å². The number of methoxy groups -OCH3 is 3. The van der Waals surface area contributed by atoms with Gasteiger partial charge in [0.2, 0.25) is 11.6 Å². The lowest BCUT2D eigenvalue weighted by atomic mass is 10.1. The van der Waals surface area contributed by atoms with E-state index >= 15 is 0 Å². The third-order valence-electron chi connectivity index (χ3n) is 3.86. The number of pyridine rings is 2. The van der Waals surface area contributed by atoms with E-state index in [0.29, 0.717) is 35.4 Å². The third kappa shape index (κ3) is 3.26. The monoisotopic (exact) mass is 352 g/mol. The van der Waals surface area contributed by atoms with Crippen molar-refractivity contribution in [3.8, 4) is 34.4 Å². The maximum atomic E-state index is 5.73. The van der Waals surface area contributed by atoms with Gasteiger partial charge in [0.05, 0.1) is 37.9 Å². The summed E-state index contributed by atoms with van der Waals surface area (Å²) in [6.45, 7) is 4.04. The Morgan fingerprint density at radius 1 is 1.04 bits per heavy atom. The van der Waals surface area contributed by atoms with Crippen molar-refractivity contribution < 1.29 is 18.9 Å². The largest absolute Gasteiger partial charge is 0.493 e. The van der Waals surface area contributed by atoms with E-state index in [9.17, 15) is 0 Å². The van der Waals surface area contributed by atoms with Gasteiger partial charge in [-0.25, -0.2) is 4.98 Å². The van der Waals surface area contributed by atoms with Crippen LogP contribution in [0.25, 0.3) is 22.2 Å². The van der Waals surface area contributed by atoms with Crippen molar-refractivity contribution in [2.75, 3.05) is 27.9 Å². The molecule has 0 fully saturated rings. The van der Waals surface area contributed by atoms with Crippen LogP contribution in [0.3, 0.4) is 0 Å². The zero-order valence-corrected chi connectivity index (χ0v) is 15.0. The molecule has 0 aliphatic heterocycles. The van der Waals surface area contributed by atoms with Gasteiger partial charge in [0.1, 0.15) is 6.61 Å². The molecule has 0 saturated heterocycles. The van der Waals surface area contributed by atoms with Gasteiger partial charge in [0, 0.05) is 11.8 Å². The molecule has 3 rings (SSSR count). The fourth-order valence-corrected chi connectivity index (χ4v) is 2.67. The Labute approximate surface area is 152 Å². The Hall–Kier alpha value is -3.28. The molecule has 0 atom stereocenters. The van der Waals surface area contributed by atoms with E-state index in [1.807, 2.05) is 30.3 Å². The normalized spacial score (nSPS) is 10.4. The Morgan fingerprint density at radius 3 is 2.38 bits per heavy atom. The van der Waals surface area contributed by atoms with Crippen LogP contribution < -0.4 is 18.9 Å². The summed E-state index contributed by atoms with van der Waals surface area (Å²) >= 11 is 0. The molecule has 26 heavy (non-hydrogen) atoms. The molecular formula is C20H20N2O4. The van der Waals surface area contributed by atoms with Crippen molar-refractivity contribution in [3.63, 3.8) is 0 Å². The summed E-state index contributed by atoms with van der Waals surface area (Å²) < 4.78 is 22.0. The maximum Gasteiger partial charge on any atom is 0.223 e. The van der Waals surface area contributed by atoms with Crippen LogP contribution in [0.15, 0.2) is 49.2 Å². The molecule has 0 spiro atoms. The predicted molar refractivity (Wildman–Crippen MR) is 100 cm³/mol. The molecule has 1 aromatic carbocycles. The van der Waals surface area contributed by atoms with Crippen LogP contribution in [0.1, 0.15) is 0 Å². The SMILES string of the molecule is C=CCOc1nc(-c2cc(OC)c(OC)c(OC)c2)cc2ncccc12. The Kier molecular flexibility index (Phi) is 5.22. The van der Waals surface area contributed by atoms with Gasteiger partial charge in [-0.1, -0.05) is 12.7 Å². The number of nitrogens with zero attached hydrogens (tertiary/aromatic N) is 2. The average Bonchev–Trinajstić information content (AvgIpc) is 2.70. The first-order valence-corrected chi connectivity index (χ1v) is 8.01. The minimum Gasteiger partial charge on any atom is -0.493 e. The second-order valence-electron chi connectivity index (χ2n) is 5.40. The van der Waals surface area contributed by atoms with E-state index in [2.05, 4.69) is 16.5 Å². The zero-order chi connectivity index (χ0) is 18.5. The van der Waals surface area contributed by atoms with Gasteiger partial charge in [-0.2, -0.15) is 0 Å². The molecule has 0 unspecified atom stereocenters. The Morgan fingerprint density at radius 2 is 1.77 bits per heavy atom. The van der Waals surface area contributed by atoms with Gasteiger partial charge in [0.15, 0.2) is 11.5 Å². The number of aromatic nitrogens is 2. The van der Waals surface area contributed by atoms with Crippen LogP contribution in [0.2, 0.25) is 0 Å². The van der Waals surface area contributed by atoms with E-state index in [1.165, 1.54) is 0 Å². The van der Waals surface area contributed by atoms with Crippen molar-refractivity contribution in [2.45, 2.75) is 0 Å².